The quantitative estimate of drug-likeness (QED) is 0.704. The second-order valence-corrected chi connectivity index (χ2v) is 7.03. The molecule has 1 saturated heterocycles. The third kappa shape index (κ3) is 3.64. The van der Waals surface area contributed by atoms with Crippen molar-refractivity contribution in [3.05, 3.63) is 72.4 Å². The molecule has 2 aromatic heterocycles. The van der Waals surface area contributed by atoms with Crippen LogP contribution in [0.25, 0.3) is 5.82 Å². The Labute approximate surface area is 163 Å². The molecule has 0 spiro atoms. The smallest absolute Gasteiger partial charge is 0.255 e. The van der Waals surface area contributed by atoms with E-state index in [-0.39, 0.29) is 24.0 Å². The Bertz CT molecular complexity index is 911. The van der Waals surface area contributed by atoms with Crippen molar-refractivity contribution in [1.82, 2.24) is 35.5 Å². The van der Waals surface area contributed by atoms with Crippen molar-refractivity contribution in [3.8, 4) is 5.82 Å². The highest BCUT2D eigenvalue weighted by Gasteiger charge is 2.32. The Morgan fingerprint density at radius 3 is 2.57 bits per heavy atom. The van der Waals surface area contributed by atoms with E-state index >= 15 is 0 Å². The van der Waals surface area contributed by atoms with Crippen LogP contribution in [0.15, 0.2) is 61.3 Å². The van der Waals surface area contributed by atoms with Crippen LogP contribution in [-0.2, 0) is 0 Å². The molecule has 0 bridgehead atoms. The van der Waals surface area contributed by atoms with Crippen LogP contribution in [-0.4, -0.2) is 49.7 Å². The Kier molecular flexibility index (Phi) is 5.14. The summed E-state index contributed by atoms with van der Waals surface area (Å²) in [5.74, 6) is 0.616. The largest absolute Gasteiger partial charge is 0.337 e. The summed E-state index contributed by atoms with van der Waals surface area (Å²) in [5, 5.41) is 7.53. The lowest BCUT2D eigenvalue weighted by atomic mass is 9.98. The van der Waals surface area contributed by atoms with E-state index < -0.39 is 0 Å². The first kappa shape index (κ1) is 18.3. The summed E-state index contributed by atoms with van der Waals surface area (Å²) in [6, 6.07) is 14.3. The number of carbonyl (C=O) groups excluding carboxylic acids is 1. The van der Waals surface area contributed by atoms with Gasteiger partial charge in [0, 0.05) is 31.4 Å². The average Bonchev–Trinajstić information content (AvgIpc) is 3.45. The molecule has 0 saturated carbocycles. The van der Waals surface area contributed by atoms with Crippen molar-refractivity contribution in [1.29, 1.82) is 0 Å². The molecule has 3 unspecified atom stereocenters. The zero-order valence-electron chi connectivity index (χ0n) is 15.9. The van der Waals surface area contributed by atoms with Crippen LogP contribution in [0.5, 0.6) is 0 Å². The van der Waals surface area contributed by atoms with Gasteiger partial charge in [0.2, 0.25) is 0 Å². The van der Waals surface area contributed by atoms with Crippen molar-refractivity contribution in [3.63, 3.8) is 0 Å². The number of benzene rings is 1. The van der Waals surface area contributed by atoms with Crippen molar-refractivity contribution >= 4 is 5.91 Å². The summed E-state index contributed by atoms with van der Waals surface area (Å²) in [4.78, 5) is 19.0. The van der Waals surface area contributed by atoms with Crippen LogP contribution in [0.4, 0.5) is 0 Å². The lowest BCUT2D eigenvalue weighted by Gasteiger charge is -2.29. The molecule has 3 aromatic rings. The number of likely N-dealkylation sites (N-methyl/N-ethyl adjacent to an activating group) is 1. The SMILES string of the molecule is CC(C1CC(c2ccccc2)NN1)N(C)C(=O)c1ccc(-n2cnnc2)nc1. The maximum Gasteiger partial charge on any atom is 0.255 e. The van der Waals surface area contributed by atoms with Crippen molar-refractivity contribution < 1.29 is 4.79 Å². The number of carbonyl (C=O) groups is 1. The third-order valence-electron chi connectivity index (χ3n) is 5.33. The summed E-state index contributed by atoms with van der Waals surface area (Å²) in [7, 11) is 1.83. The molecule has 3 heterocycles. The normalized spacial score (nSPS) is 20.1. The number of amides is 1. The number of nitrogens with one attached hydrogen (secondary N) is 2. The van der Waals surface area contributed by atoms with Crippen molar-refractivity contribution in [2.75, 3.05) is 7.05 Å². The lowest BCUT2D eigenvalue weighted by Crippen LogP contribution is -2.48. The van der Waals surface area contributed by atoms with Crippen LogP contribution >= 0.6 is 0 Å². The number of hydrogen-bond acceptors (Lipinski definition) is 6. The number of pyridine rings is 1. The highest BCUT2D eigenvalue weighted by Crippen LogP contribution is 2.25. The van der Waals surface area contributed by atoms with E-state index in [9.17, 15) is 4.79 Å². The molecule has 1 amide bonds. The Balaban J connectivity index is 1.41. The van der Waals surface area contributed by atoms with Crippen LogP contribution in [0, 0.1) is 0 Å². The predicted octanol–water partition coefficient (Wildman–Crippen LogP) is 1.73. The second kappa shape index (κ2) is 7.87. The van der Waals surface area contributed by atoms with Gasteiger partial charge >= 0.3 is 0 Å². The Morgan fingerprint density at radius 2 is 1.89 bits per heavy atom. The standard InChI is InChI=1S/C20H23N7O/c1-14(17-10-18(25-24-17)15-6-4-3-5-7-15)26(2)20(28)16-8-9-19(21-11-16)27-12-22-23-13-27/h3-9,11-14,17-18,24-25H,10H2,1-2H3. The van der Waals surface area contributed by atoms with E-state index in [1.807, 2.05) is 25.2 Å². The van der Waals surface area contributed by atoms with E-state index in [1.54, 1.807) is 40.5 Å². The van der Waals surface area contributed by atoms with Gasteiger partial charge in [-0.3, -0.25) is 14.8 Å². The summed E-state index contributed by atoms with van der Waals surface area (Å²) in [6.45, 7) is 2.06. The maximum atomic E-state index is 12.9. The van der Waals surface area contributed by atoms with E-state index in [2.05, 4.69) is 45.1 Å². The molecule has 1 aliphatic rings. The summed E-state index contributed by atoms with van der Waals surface area (Å²) < 4.78 is 1.69. The zero-order chi connectivity index (χ0) is 19.5. The number of nitrogens with zero attached hydrogens (tertiary/aromatic N) is 5. The van der Waals surface area contributed by atoms with Gasteiger partial charge in [0.25, 0.3) is 5.91 Å². The Morgan fingerprint density at radius 1 is 1.14 bits per heavy atom. The maximum absolute atomic E-state index is 12.9. The first-order valence-corrected chi connectivity index (χ1v) is 9.27. The summed E-state index contributed by atoms with van der Waals surface area (Å²) in [6.07, 6.45) is 5.64. The number of aromatic nitrogens is 4. The fourth-order valence-electron chi connectivity index (χ4n) is 3.44. The molecule has 0 aliphatic carbocycles. The molecule has 8 heteroatoms. The van der Waals surface area contributed by atoms with Crippen LogP contribution < -0.4 is 10.9 Å². The van der Waals surface area contributed by atoms with E-state index in [0.29, 0.717) is 11.4 Å². The van der Waals surface area contributed by atoms with Crippen LogP contribution in [0.2, 0.25) is 0 Å². The molecule has 144 valence electrons. The molecular formula is C20H23N7O. The monoisotopic (exact) mass is 377 g/mol. The fourth-order valence-corrected chi connectivity index (χ4v) is 3.44. The van der Waals surface area contributed by atoms with Gasteiger partial charge in [0.05, 0.1) is 5.56 Å². The minimum atomic E-state index is -0.0553. The van der Waals surface area contributed by atoms with Crippen molar-refractivity contribution in [2.45, 2.75) is 31.5 Å². The van der Waals surface area contributed by atoms with Crippen LogP contribution in [0.3, 0.4) is 0 Å². The van der Waals surface area contributed by atoms with E-state index in [1.165, 1.54) is 5.56 Å². The van der Waals surface area contributed by atoms with Gasteiger partial charge in [0.1, 0.15) is 18.5 Å². The topological polar surface area (TPSA) is 88.0 Å². The molecule has 4 rings (SSSR count). The van der Waals surface area contributed by atoms with Gasteiger partial charge in [0.15, 0.2) is 0 Å². The lowest BCUT2D eigenvalue weighted by molar-refractivity contribution is 0.0715. The average molecular weight is 377 g/mol. The minimum absolute atomic E-state index is 0.0197. The highest BCUT2D eigenvalue weighted by atomic mass is 16.2. The first-order chi connectivity index (χ1) is 13.6. The number of rotatable bonds is 5. The molecule has 0 radical (unpaired) electrons. The Hall–Kier alpha value is -3.10. The molecule has 3 atom stereocenters. The minimum Gasteiger partial charge on any atom is -0.337 e. The molecular weight excluding hydrogens is 354 g/mol. The summed E-state index contributed by atoms with van der Waals surface area (Å²) in [5.41, 5.74) is 8.48. The predicted molar refractivity (Wildman–Crippen MR) is 105 cm³/mol. The second-order valence-electron chi connectivity index (χ2n) is 7.03. The van der Waals surface area contributed by atoms with Gasteiger partial charge in [-0.1, -0.05) is 30.3 Å². The van der Waals surface area contributed by atoms with E-state index in [4.69, 9.17) is 0 Å². The van der Waals surface area contributed by atoms with Gasteiger partial charge in [-0.25, -0.2) is 10.4 Å². The van der Waals surface area contributed by atoms with Gasteiger partial charge in [-0.2, -0.15) is 0 Å². The first-order valence-electron chi connectivity index (χ1n) is 9.27. The number of hydrazine groups is 1. The zero-order valence-corrected chi connectivity index (χ0v) is 15.9. The van der Waals surface area contributed by atoms with Crippen molar-refractivity contribution in [2.24, 2.45) is 0 Å². The van der Waals surface area contributed by atoms with E-state index in [0.717, 1.165) is 6.42 Å². The molecule has 28 heavy (non-hydrogen) atoms. The summed E-state index contributed by atoms with van der Waals surface area (Å²) >= 11 is 0. The fraction of sp³-hybridized carbons (Fsp3) is 0.300. The molecule has 2 N–H and O–H groups in total. The van der Waals surface area contributed by atoms with Crippen LogP contribution in [0.1, 0.15) is 35.3 Å². The number of hydrogen-bond donors (Lipinski definition) is 2. The molecule has 8 nitrogen and oxygen atoms in total. The third-order valence-corrected chi connectivity index (χ3v) is 5.33. The molecule has 1 aromatic carbocycles. The molecule has 1 aliphatic heterocycles. The van der Waals surface area contributed by atoms with Gasteiger partial charge in [-0.15, -0.1) is 10.2 Å². The molecule has 1 fully saturated rings. The van der Waals surface area contributed by atoms with Gasteiger partial charge in [-0.05, 0) is 31.0 Å². The van der Waals surface area contributed by atoms with Gasteiger partial charge < -0.3 is 4.90 Å². The highest BCUT2D eigenvalue weighted by molar-refractivity contribution is 5.94.